The minimum Gasteiger partial charge on any atom is -0.382 e. The maximum absolute atomic E-state index is 5.48. The zero-order valence-corrected chi connectivity index (χ0v) is 12.3. The zero-order chi connectivity index (χ0) is 13.2. The maximum Gasteiger partial charge on any atom is 0.0700 e. The van der Waals surface area contributed by atoms with Crippen molar-refractivity contribution >= 4 is 0 Å². The molecule has 0 aliphatic carbocycles. The summed E-state index contributed by atoms with van der Waals surface area (Å²) in [4.78, 5) is 2.56. The Morgan fingerprint density at radius 1 is 1.28 bits per heavy atom. The van der Waals surface area contributed by atoms with Gasteiger partial charge in [0.2, 0.25) is 0 Å². The second kappa shape index (κ2) is 9.73. The highest BCUT2D eigenvalue weighted by molar-refractivity contribution is 4.77. The van der Waals surface area contributed by atoms with Gasteiger partial charge in [0.1, 0.15) is 0 Å². The van der Waals surface area contributed by atoms with Crippen molar-refractivity contribution in [1.82, 2.24) is 10.2 Å². The third-order valence-corrected chi connectivity index (χ3v) is 3.38. The van der Waals surface area contributed by atoms with Crippen molar-refractivity contribution in [3.63, 3.8) is 0 Å². The number of rotatable bonds is 10. The highest BCUT2D eigenvalue weighted by Gasteiger charge is 2.21. The maximum atomic E-state index is 5.48. The van der Waals surface area contributed by atoms with Gasteiger partial charge in [-0.15, -0.1) is 0 Å². The van der Waals surface area contributed by atoms with Crippen molar-refractivity contribution in [1.29, 1.82) is 0 Å². The highest BCUT2D eigenvalue weighted by atomic mass is 16.5. The van der Waals surface area contributed by atoms with Crippen LogP contribution in [-0.2, 0) is 9.47 Å². The Morgan fingerprint density at radius 2 is 2.11 bits per heavy atom. The SMILES string of the molecule is COCCOCCCN1CCC(CNC(C)C)C1. The van der Waals surface area contributed by atoms with Gasteiger partial charge in [-0.1, -0.05) is 13.8 Å². The molecule has 0 aromatic carbocycles. The summed E-state index contributed by atoms with van der Waals surface area (Å²) in [6.07, 6.45) is 2.47. The molecule has 1 rings (SSSR count). The Balaban J connectivity index is 1.94. The molecule has 0 bridgehead atoms. The third kappa shape index (κ3) is 7.31. The van der Waals surface area contributed by atoms with Crippen LogP contribution >= 0.6 is 0 Å². The lowest BCUT2D eigenvalue weighted by Gasteiger charge is -2.17. The van der Waals surface area contributed by atoms with Gasteiger partial charge in [-0.05, 0) is 31.8 Å². The molecule has 1 fully saturated rings. The Kier molecular flexibility index (Phi) is 8.59. The minimum absolute atomic E-state index is 0.605. The van der Waals surface area contributed by atoms with Gasteiger partial charge in [-0.3, -0.25) is 0 Å². The van der Waals surface area contributed by atoms with Crippen molar-refractivity contribution in [2.24, 2.45) is 5.92 Å². The highest BCUT2D eigenvalue weighted by Crippen LogP contribution is 2.15. The van der Waals surface area contributed by atoms with Crippen LogP contribution in [0.2, 0.25) is 0 Å². The van der Waals surface area contributed by atoms with Gasteiger partial charge < -0.3 is 19.7 Å². The average molecular weight is 258 g/mol. The van der Waals surface area contributed by atoms with Gasteiger partial charge in [-0.25, -0.2) is 0 Å². The van der Waals surface area contributed by atoms with Gasteiger partial charge in [0, 0.05) is 32.8 Å². The van der Waals surface area contributed by atoms with E-state index in [9.17, 15) is 0 Å². The number of ether oxygens (including phenoxy) is 2. The third-order valence-electron chi connectivity index (χ3n) is 3.38. The smallest absolute Gasteiger partial charge is 0.0700 e. The van der Waals surface area contributed by atoms with Gasteiger partial charge in [0.05, 0.1) is 13.2 Å². The summed E-state index contributed by atoms with van der Waals surface area (Å²) in [5.41, 5.74) is 0. The standard InChI is InChI=1S/C14H30N2O2/c1-13(2)15-11-14-5-7-16(12-14)6-4-8-18-10-9-17-3/h13-15H,4-12H2,1-3H3. The Hall–Kier alpha value is -0.160. The van der Waals surface area contributed by atoms with Crippen LogP contribution in [0.15, 0.2) is 0 Å². The summed E-state index contributed by atoms with van der Waals surface area (Å²) >= 11 is 0. The average Bonchev–Trinajstić information content (AvgIpc) is 2.79. The number of nitrogens with one attached hydrogen (secondary N) is 1. The first-order valence-electron chi connectivity index (χ1n) is 7.24. The molecule has 0 saturated carbocycles. The minimum atomic E-state index is 0.605. The number of hydrogen-bond donors (Lipinski definition) is 1. The van der Waals surface area contributed by atoms with Crippen LogP contribution in [0.3, 0.4) is 0 Å². The molecule has 1 aliphatic heterocycles. The van der Waals surface area contributed by atoms with E-state index in [2.05, 4.69) is 24.1 Å². The van der Waals surface area contributed by atoms with E-state index in [0.29, 0.717) is 12.6 Å². The number of hydrogen-bond acceptors (Lipinski definition) is 4. The summed E-state index contributed by atoms with van der Waals surface area (Å²) in [6.45, 7) is 11.5. The van der Waals surface area contributed by atoms with Crippen molar-refractivity contribution in [3.05, 3.63) is 0 Å². The molecule has 0 amide bonds. The molecule has 1 atom stereocenters. The monoisotopic (exact) mass is 258 g/mol. The first kappa shape index (κ1) is 15.9. The van der Waals surface area contributed by atoms with E-state index in [4.69, 9.17) is 9.47 Å². The van der Waals surface area contributed by atoms with E-state index in [1.54, 1.807) is 7.11 Å². The molecule has 1 heterocycles. The van der Waals surface area contributed by atoms with Crippen molar-refractivity contribution < 1.29 is 9.47 Å². The van der Waals surface area contributed by atoms with Crippen LogP contribution in [0.25, 0.3) is 0 Å². The van der Waals surface area contributed by atoms with Crippen LogP contribution in [-0.4, -0.2) is 64.1 Å². The first-order valence-corrected chi connectivity index (χ1v) is 7.24. The summed E-state index contributed by atoms with van der Waals surface area (Å²) in [5.74, 6) is 0.835. The summed E-state index contributed by atoms with van der Waals surface area (Å²) in [6, 6.07) is 0.605. The van der Waals surface area contributed by atoms with Crippen LogP contribution in [0.4, 0.5) is 0 Å². The molecule has 0 spiro atoms. The fraction of sp³-hybridized carbons (Fsp3) is 1.00. The molecule has 0 radical (unpaired) electrons. The molecular weight excluding hydrogens is 228 g/mol. The molecule has 18 heavy (non-hydrogen) atoms. The van der Waals surface area contributed by atoms with Crippen LogP contribution < -0.4 is 5.32 Å². The van der Waals surface area contributed by atoms with Gasteiger partial charge in [0.25, 0.3) is 0 Å². The Morgan fingerprint density at radius 3 is 2.83 bits per heavy atom. The number of likely N-dealkylation sites (tertiary alicyclic amines) is 1. The summed E-state index contributed by atoms with van der Waals surface area (Å²) in [5, 5.41) is 3.53. The van der Waals surface area contributed by atoms with Crippen LogP contribution in [0.5, 0.6) is 0 Å². The van der Waals surface area contributed by atoms with Crippen molar-refractivity contribution in [3.8, 4) is 0 Å². The quantitative estimate of drug-likeness (QED) is 0.600. The number of nitrogens with zero attached hydrogens (tertiary/aromatic N) is 1. The molecule has 0 aromatic rings. The fourth-order valence-corrected chi connectivity index (χ4v) is 2.32. The molecule has 4 nitrogen and oxygen atoms in total. The molecule has 4 heteroatoms. The molecule has 1 saturated heterocycles. The Bertz CT molecular complexity index is 200. The molecule has 108 valence electrons. The normalized spacial score (nSPS) is 21.0. The predicted octanol–water partition coefficient (Wildman–Crippen LogP) is 1.36. The largest absolute Gasteiger partial charge is 0.382 e. The van der Waals surface area contributed by atoms with E-state index in [1.165, 1.54) is 32.6 Å². The van der Waals surface area contributed by atoms with Crippen LogP contribution in [0.1, 0.15) is 26.7 Å². The molecule has 1 unspecified atom stereocenters. The van der Waals surface area contributed by atoms with Crippen molar-refractivity contribution in [2.75, 3.05) is 53.1 Å². The molecule has 1 aliphatic rings. The van der Waals surface area contributed by atoms with Gasteiger partial charge >= 0.3 is 0 Å². The Labute approximate surface area is 112 Å². The lowest BCUT2D eigenvalue weighted by atomic mass is 10.1. The van der Waals surface area contributed by atoms with E-state index in [1.807, 2.05) is 0 Å². The molecule has 0 aromatic heterocycles. The van der Waals surface area contributed by atoms with Crippen molar-refractivity contribution in [2.45, 2.75) is 32.7 Å². The number of methoxy groups -OCH3 is 1. The van der Waals surface area contributed by atoms with E-state index in [0.717, 1.165) is 25.6 Å². The fourth-order valence-electron chi connectivity index (χ4n) is 2.32. The topological polar surface area (TPSA) is 33.7 Å². The second-order valence-corrected chi connectivity index (χ2v) is 5.48. The van der Waals surface area contributed by atoms with E-state index >= 15 is 0 Å². The first-order chi connectivity index (χ1) is 8.72. The molecular formula is C14H30N2O2. The second-order valence-electron chi connectivity index (χ2n) is 5.48. The van der Waals surface area contributed by atoms with Gasteiger partial charge in [-0.2, -0.15) is 0 Å². The zero-order valence-electron chi connectivity index (χ0n) is 12.3. The van der Waals surface area contributed by atoms with Crippen LogP contribution in [0, 0.1) is 5.92 Å². The lowest BCUT2D eigenvalue weighted by molar-refractivity contribution is 0.0661. The lowest BCUT2D eigenvalue weighted by Crippen LogP contribution is -2.31. The van der Waals surface area contributed by atoms with E-state index < -0.39 is 0 Å². The summed E-state index contributed by atoms with van der Waals surface area (Å²) in [7, 11) is 1.71. The van der Waals surface area contributed by atoms with Gasteiger partial charge in [0.15, 0.2) is 0 Å². The van der Waals surface area contributed by atoms with E-state index in [-0.39, 0.29) is 0 Å². The molecule has 1 N–H and O–H groups in total. The summed E-state index contributed by atoms with van der Waals surface area (Å²) < 4.78 is 10.4. The predicted molar refractivity (Wildman–Crippen MR) is 75.0 cm³/mol.